The Labute approximate surface area is 135 Å². The van der Waals surface area contributed by atoms with E-state index in [1.165, 1.54) is 21.3 Å². The lowest BCUT2D eigenvalue weighted by Gasteiger charge is -2.13. The number of allylic oxidation sites excluding steroid dienone is 2. The van der Waals surface area contributed by atoms with E-state index in [0.717, 1.165) is 31.3 Å². The highest BCUT2D eigenvalue weighted by molar-refractivity contribution is 5.64. The van der Waals surface area contributed by atoms with Crippen LogP contribution in [-0.2, 0) is 0 Å². The van der Waals surface area contributed by atoms with Crippen LogP contribution in [-0.4, -0.2) is 26.3 Å². The first kappa shape index (κ1) is 16.9. The Morgan fingerprint density at radius 2 is 1.78 bits per heavy atom. The van der Waals surface area contributed by atoms with Gasteiger partial charge in [0.2, 0.25) is 5.75 Å². The second-order valence-electron chi connectivity index (χ2n) is 5.22. The van der Waals surface area contributed by atoms with Crippen LogP contribution in [0.5, 0.6) is 17.2 Å². The number of benzene rings is 1. The standard InChI is InChI=1S/C17H21NO5/c1-21-15-10-12(11-16(22-2)17(15)23-3)9-14(18(19)20)13-7-5-4-6-8-13/h7,9-11H,4-6,8H2,1-3H3/b14-9+. The van der Waals surface area contributed by atoms with Crippen LogP contribution in [0.25, 0.3) is 6.08 Å². The highest BCUT2D eigenvalue weighted by Crippen LogP contribution is 2.39. The minimum absolute atomic E-state index is 0.124. The van der Waals surface area contributed by atoms with Crippen LogP contribution in [0, 0.1) is 10.1 Å². The van der Waals surface area contributed by atoms with Crippen LogP contribution in [0.2, 0.25) is 0 Å². The molecular formula is C17H21NO5. The second kappa shape index (κ2) is 7.67. The van der Waals surface area contributed by atoms with Gasteiger partial charge in [-0.25, -0.2) is 0 Å². The van der Waals surface area contributed by atoms with E-state index in [2.05, 4.69) is 0 Å². The van der Waals surface area contributed by atoms with Gasteiger partial charge < -0.3 is 14.2 Å². The zero-order chi connectivity index (χ0) is 16.8. The van der Waals surface area contributed by atoms with Gasteiger partial charge in [-0.05, 0) is 43.4 Å². The molecule has 124 valence electrons. The smallest absolute Gasteiger partial charge is 0.272 e. The molecule has 1 aliphatic carbocycles. The fourth-order valence-electron chi connectivity index (χ4n) is 2.68. The lowest BCUT2D eigenvalue weighted by Crippen LogP contribution is -2.05. The lowest BCUT2D eigenvalue weighted by molar-refractivity contribution is -0.419. The van der Waals surface area contributed by atoms with Gasteiger partial charge in [-0.3, -0.25) is 10.1 Å². The predicted molar refractivity (Wildman–Crippen MR) is 87.6 cm³/mol. The Morgan fingerprint density at radius 3 is 2.22 bits per heavy atom. The summed E-state index contributed by atoms with van der Waals surface area (Å²) in [6.45, 7) is 0. The van der Waals surface area contributed by atoms with Crippen molar-refractivity contribution in [2.75, 3.05) is 21.3 Å². The first-order valence-corrected chi connectivity index (χ1v) is 7.46. The molecule has 0 atom stereocenters. The Kier molecular flexibility index (Phi) is 5.62. The summed E-state index contributed by atoms with van der Waals surface area (Å²) < 4.78 is 15.8. The molecule has 1 aromatic carbocycles. The Bertz CT molecular complexity index is 623. The van der Waals surface area contributed by atoms with Crippen molar-refractivity contribution in [2.45, 2.75) is 25.7 Å². The average molecular weight is 319 g/mol. The highest BCUT2D eigenvalue weighted by Gasteiger charge is 2.20. The van der Waals surface area contributed by atoms with Gasteiger partial charge in [0.05, 0.1) is 26.3 Å². The number of hydrogen-bond donors (Lipinski definition) is 0. The molecule has 6 nitrogen and oxygen atoms in total. The molecule has 2 rings (SSSR count). The molecule has 0 radical (unpaired) electrons. The molecule has 0 heterocycles. The predicted octanol–water partition coefficient (Wildman–Crippen LogP) is 3.83. The Balaban J connectivity index is 2.50. The topological polar surface area (TPSA) is 70.8 Å². The van der Waals surface area contributed by atoms with Crippen LogP contribution in [0.15, 0.2) is 29.5 Å². The summed E-state index contributed by atoms with van der Waals surface area (Å²) in [7, 11) is 4.55. The molecule has 0 aromatic heterocycles. The third kappa shape index (κ3) is 3.83. The van der Waals surface area contributed by atoms with Crippen molar-refractivity contribution >= 4 is 6.08 Å². The highest BCUT2D eigenvalue weighted by atomic mass is 16.6. The van der Waals surface area contributed by atoms with E-state index in [4.69, 9.17) is 14.2 Å². The van der Waals surface area contributed by atoms with Gasteiger partial charge in [0.1, 0.15) is 0 Å². The van der Waals surface area contributed by atoms with Gasteiger partial charge in [0, 0.05) is 11.6 Å². The van der Waals surface area contributed by atoms with Gasteiger partial charge in [-0.1, -0.05) is 6.08 Å². The number of ether oxygens (including phenoxy) is 3. The second-order valence-corrected chi connectivity index (χ2v) is 5.22. The summed E-state index contributed by atoms with van der Waals surface area (Å²) in [4.78, 5) is 11.1. The summed E-state index contributed by atoms with van der Waals surface area (Å²) in [5.41, 5.74) is 1.55. The quantitative estimate of drug-likeness (QED) is 0.588. The van der Waals surface area contributed by atoms with Crippen LogP contribution >= 0.6 is 0 Å². The van der Waals surface area contributed by atoms with Crippen LogP contribution in [0.4, 0.5) is 0 Å². The average Bonchev–Trinajstić information content (AvgIpc) is 2.59. The molecule has 0 saturated heterocycles. The Hall–Kier alpha value is -2.50. The number of methoxy groups -OCH3 is 3. The number of nitro groups is 1. The number of nitrogens with zero attached hydrogens (tertiary/aromatic N) is 1. The summed E-state index contributed by atoms with van der Waals surface area (Å²) in [6, 6.07) is 3.41. The normalized spacial score (nSPS) is 14.9. The molecule has 0 bridgehead atoms. The first-order valence-electron chi connectivity index (χ1n) is 7.46. The molecule has 1 aromatic rings. The molecule has 0 unspecified atom stereocenters. The van der Waals surface area contributed by atoms with E-state index in [1.807, 2.05) is 6.08 Å². The zero-order valence-corrected chi connectivity index (χ0v) is 13.6. The maximum atomic E-state index is 11.4. The summed E-state index contributed by atoms with van der Waals surface area (Å²) in [5.74, 6) is 1.41. The van der Waals surface area contributed by atoms with Crippen LogP contribution in [0.1, 0.15) is 31.2 Å². The van der Waals surface area contributed by atoms with Crippen molar-refractivity contribution < 1.29 is 19.1 Å². The maximum absolute atomic E-state index is 11.4. The number of rotatable bonds is 6. The van der Waals surface area contributed by atoms with E-state index in [9.17, 15) is 10.1 Å². The van der Waals surface area contributed by atoms with Crippen molar-refractivity contribution in [3.8, 4) is 17.2 Å². The monoisotopic (exact) mass is 319 g/mol. The van der Waals surface area contributed by atoms with Crippen molar-refractivity contribution in [3.05, 3.63) is 45.2 Å². The first-order chi connectivity index (χ1) is 11.1. The van der Waals surface area contributed by atoms with Gasteiger partial charge in [0.25, 0.3) is 5.70 Å². The van der Waals surface area contributed by atoms with Crippen LogP contribution in [0.3, 0.4) is 0 Å². The number of hydrogen-bond acceptors (Lipinski definition) is 5. The molecule has 0 spiro atoms. The van der Waals surface area contributed by atoms with Crippen LogP contribution < -0.4 is 14.2 Å². The minimum Gasteiger partial charge on any atom is -0.493 e. The fraction of sp³-hybridized carbons (Fsp3) is 0.412. The van der Waals surface area contributed by atoms with Gasteiger partial charge in [-0.2, -0.15) is 0 Å². The van der Waals surface area contributed by atoms with Gasteiger partial charge in [-0.15, -0.1) is 0 Å². The SMILES string of the molecule is COc1cc(/C=C(\C2=CCCCC2)[N+](=O)[O-])cc(OC)c1OC. The van der Waals surface area contributed by atoms with Crippen molar-refractivity contribution in [2.24, 2.45) is 0 Å². The molecular weight excluding hydrogens is 298 g/mol. The van der Waals surface area contributed by atoms with Gasteiger partial charge >= 0.3 is 0 Å². The zero-order valence-electron chi connectivity index (χ0n) is 13.6. The largest absolute Gasteiger partial charge is 0.493 e. The van der Waals surface area contributed by atoms with E-state index in [-0.39, 0.29) is 10.6 Å². The third-order valence-corrected chi connectivity index (χ3v) is 3.81. The van der Waals surface area contributed by atoms with E-state index >= 15 is 0 Å². The molecule has 0 aliphatic heterocycles. The molecule has 0 amide bonds. The summed E-state index contributed by atoms with van der Waals surface area (Å²) in [6.07, 6.45) is 7.19. The molecule has 1 aliphatic rings. The third-order valence-electron chi connectivity index (χ3n) is 3.81. The molecule has 0 saturated carbocycles. The Morgan fingerprint density at radius 1 is 1.13 bits per heavy atom. The summed E-state index contributed by atoms with van der Waals surface area (Å²) >= 11 is 0. The maximum Gasteiger partial charge on any atom is 0.272 e. The lowest BCUT2D eigenvalue weighted by atomic mass is 9.96. The molecule has 0 fully saturated rings. The summed E-state index contributed by atoms with van der Waals surface area (Å²) in [5, 5.41) is 11.4. The minimum atomic E-state index is -0.333. The molecule has 0 N–H and O–H groups in total. The van der Waals surface area contributed by atoms with E-state index < -0.39 is 0 Å². The van der Waals surface area contributed by atoms with Crippen molar-refractivity contribution in [1.82, 2.24) is 0 Å². The molecule has 23 heavy (non-hydrogen) atoms. The van der Waals surface area contributed by atoms with E-state index in [1.54, 1.807) is 18.2 Å². The van der Waals surface area contributed by atoms with E-state index in [0.29, 0.717) is 22.8 Å². The van der Waals surface area contributed by atoms with Crippen molar-refractivity contribution in [1.29, 1.82) is 0 Å². The van der Waals surface area contributed by atoms with Crippen molar-refractivity contribution in [3.63, 3.8) is 0 Å². The fourth-order valence-corrected chi connectivity index (χ4v) is 2.68. The molecule has 6 heteroatoms. The van der Waals surface area contributed by atoms with Gasteiger partial charge in [0.15, 0.2) is 11.5 Å².